The predicted molar refractivity (Wildman–Crippen MR) is 169 cm³/mol. The first-order valence-corrected chi connectivity index (χ1v) is 15.6. The lowest BCUT2D eigenvalue weighted by Crippen LogP contribution is -2.44. The van der Waals surface area contributed by atoms with Crippen LogP contribution in [0.2, 0.25) is 0 Å². The van der Waals surface area contributed by atoms with Crippen molar-refractivity contribution < 1.29 is 37.4 Å². The summed E-state index contributed by atoms with van der Waals surface area (Å²) < 4.78 is 46.4. The second-order valence-corrected chi connectivity index (χ2v) is 12.6. The average molecular weight is 657 g/mol. The van der Waals surface area contributed by atoms with E-state index in [0.717, 1.165) is 12.1 Å². The minimum atomic E-state index is -1.00. The van der Waals surface area contributed by atoms with Gasteiger partial charge in [-0.2, -0.15) is 5.06 Å². The molecule has 2 atom stereocenters. The molecule has 3 aromatic rings. The summed E-state index contributed by atoms with van der Waals surface area (Å²) in [5, 5.41) is 12.2. The van der Waals surface area contributed by atoms with Gasteiger partial charge in [-0.3, -0.25) is 10.2 Å². The van der Waals surface area contributed by atoms with Crippen molar-refractivity contribution in [1.82, 2.24) is 25.1 Å². The summed E-state index contributed by atoms with van der Waals surface area (Å²) >= 11 is 0. The molecule has 2 N–H and O–H groups in total. The first kappa shape index (κ1) is 34.1. The van der Waals surface area contributed by atoms with Gasteiger partial charge in [-0.15, -0.1) is 5.10 Å². The summed E-state index contributed by atoms with van der Waals surface area (Å²) in [7, 11) is 1.56. The van der Waals surface area contributed by atoms with E-state index in [4.69, 9.17) is 24.1 Å². The van der Waals surface area contributed by atoms with Gasteiger partial charge in [0.25, 0.3) is 0 Å². The van der Waals surface area contributed by atoms with Crippen LogP contribution >= 0.6 is 0 Å². The average Bonchev–Trinajstić information content (AvgIpc) is 3.57. The number of nitrogens with one attached hydrogen (secondary N) is 2. The minimum absolute atomic E-state index is 0.196. The number of hydroxylamine groups is 2. The smallest absolute Gasteiger partial charge is 0.410 e. The Kier molecular flexibility index (Phi) is 10.6. The maximum absolute atomic E-state index is 14.1. The fourth-order valence-electron chi connectivity index (χ4n) is 5.48. The van der Waals surface area contributed by atoms with Crippen molar-refractivity contribution in [3.05, 3.63) is 71.3 Å². The van der Waals surface area contributed by atoms with Gasteiger partial charge < -0.3 is 24.4 Å². The quantitative estimate of drug-likeness (QED) is 0.316. The molecule has 2 aromatic carbocycles. The Morgan fingerprint density at radius 2 is 1.79 bits per heavy atom. The van der Waals surface area contributed by atoms with Gasteiger partial charge in [0.1, 0.15) is 23.6 Å². The van der Waals surface area contributed by atoms with E-state index >= 15 is 0 Å². The lowest BCUT2D eigenvalue weighted by Gasteiger charge is -2.33. The molecule has 0 unspecified atom stereocenters. The summed E-state index contributed by atoms with van der Waals surface area (Å²) in [4.78, 5) is 33.7. The van der Waals surface area contributed by atoms with Gasteiger partial charge in [0, 0.05) is 46.1 Å². The number of hydrogen-bond acceptors (Lipinski definition) is 8. The Bertz CT molecular complexity index is 1540. The van der Waals surface area contributed by atoms with Gasteiger partial charge in [0.15, 0.2) is 11.6 Å². The normalized spacial score (nSPS) is 19.1. The molecule has 3 heterocycles. The molecular formula is C33H42F2N6O6. The van der Waals surface area contributed by atoms with Gasteiger partial charge in [-0.05, 0) is 57.5 Å². The molecule has 254 valence electrons. The topological polar surface area (TPSA) is 119 Å². The molecule has 0 radical (unpaired) electrons. The maximum Gasteiger partial charge on any atom is 0.410 e. The van der Waals surface area contributed by atoms with Crippen LogP contribution in [-0.4, -0.2) is 89.5 Å². The molecule has 14 heteroatoms. The standard InChI is InChI=1S/C33H42F2N6O6/c1-21-29(37-31(42)36-27-20-40(17-18-44-5)47-28(27)22-11-12-25(34)26(35)19-22)41(23-9-7-6-8-10-23)38-30(21)45-24-13-15-39(16-14-24)32(43)46-33(2,3)4/h6-12,19,24,27-28H,13-18,20H2,1-5H3,(H2,36,37,42)/t27-,28+/m1/s1. The highest BCUT2D eigenvalue weighted by molar-refractivity contribution is 5.90. The van der Waals surface area contributed by atoms with E-state index in [1.165, 1.54) is 6.07 Å². The fourth-order valence-corrected chi connectivity index (χ4v) is 5.48. The number of urea groups is 1. The van der Waals surface area contributed by atoms with Crippen molar-refractivity contribution in [1.29, 1.82) is 0 Å². The van der Waals surface area contributed by atoms with Crippen LogP contribution in [0.5, 0.6) is 5.88 Å². The van der Waals surface area contributed by atoms with Crippen molar-refractivity contribution >= 4 is 17.9 Å². The van der Waals surface area contributed by atoms with E-state index in [1.807, 2.05) is 58.0 Å². The number of carbonyl (C=O) groups is 2. The SMILES string of the molecule is COCCN1C[C@@H](NC(=O)Nc2c(C)c(OC3CCN(C(=O)OC(C)(C)C)CC3)nn2-c2ccccc2)[C@H](c2ccc(F)c(F)c2)O1. The molecule has 47 heavy (non-hydrogen) atoms. The minimum Gasteiger partial charge on any atom is -0.473 e. The zero-order valence-electron chi connectivity index (χ0n) is 27.3. The van der Waals surface area contributed by atoms with E-state index in [2.05, 4.69) is 10.6 Å². The summed E-state index contributed by atoms with van der Waals surface area (Å²) in [6, 6.07) is 11.7. The number of hydrogen-bond donors (Lipinski definition) is 2. The van der Waals surface area contributed by atoms with Crippen molar-refractivity contribution in [3.8, 4) is 11.6 Å². The van der Waals surface area contributed by atoms with Gasteiger partial charge in [-0.25, -0.2) is 23.1 Å². The number of para-hydroxylation sites is 1. The molecule has 5 rings (SSSR count). The lowest BCUT2D eigenvalue weighted by molar-refractivity contribution is -0.154. The van der Waals surface area contributed by atoms with Crippen molar-refractivity contribution in [2.45, 2.75) is 64.4 Å². The number of ether oxygens (including phenoxy) is 3. The van der Waals surface area contributed by atoms with E-state index in [9.17, 15) is 18.4 Å². The van der Waals surface area contributed by atoms with E-state index in [1.54, 1.807) is 21.8 Å². The summed E-state index contributed by atoms with van der Waals surface area (Å²) in [6.45, 7) is 9.35. The number of likely N-dealkylation sites (tertiary alicyclic amines) is 1. The van der Waals surface area contributed by atoms with Crippen LogP contribution < -0.4 is 15.4 Å². The highest BCUT2D eigenvalue weighted by Gasteiger charge is 2.37. The number of amides is 3. The Balaban J connectivity index is 1.31. The molecule has 3 amide bonds. The van der Waals surface area contributed by atoms with E-state index in [-0.39, 0.29) is 18.7 Å². The molecule has 2 aliphatic heterocycles. The third kappa shape index (κ3) is 8.56. The van der Waals surface area contributed by atoms with Crippen LogP contribution in [0.3, 0.4) is 0 Å². The molecular weight excluding hydrogens is 614 g/mol. The molecule has 0 aliphatic carbocycles. The summed E-state index contributed by atoms with van der Waals surface area (Å²) in [6.07, 6.45) is -0.129. The first-order chi connectivity index (χ1) is 22.4. The summed E-state index contributed by atoms with van der Waals surface area (Å²) in [5.41, 5.74) is 1.12. The molecule has 0 saturated carbocycles. The zero-order chi connectivity index (χ0) is 33.7. The number of rotatable bonds is 9. The lowest BCUT2D eigenvalue weighted by atomic mass is 10.0. The Labute approximate surface area is 272 Å². The fraction of sp³-hybridized carbons (Fsp3) is 0.485. The van der Waals surface area contributed by atoms with Crippen molar-refractivity contribution in [2.75, 3.05) is 45.2 Å². The van der Waals surface area contributed by atoms with Gasteiger partial charge >= 0.3 is 12.1 Å². The van der Waals surface area contributed by atoms with E-state index < -0.39 is 35.4 Å². The number of nitrogens with zero attached hydrogens (tertiary/aromatic N) is 4. The number of carbonyl (C=O) groups excluding carboxylic acids is 2. The third-order valence-electron chi connectivity index (χ3n) is 7.85. The molecule has 0 bridgehead atoms. The number of halogens is 2. The van der Waals surface area contributed by atoms with Crippen LogP contribution in [0.15, 0.2) is 48.5 Å². The van der Waals surface area contributed by atoms with Gasteiger partial charge in [0.2, 0.25) is 5.88 Å². The summed E-state index contributed by atoms with van der Waals surface area (Å²) in [5.74, 6) is -1.22. The monoisotopic (exact) mass is 656 g/mol. The van der Waals surface area contributed by atoms with Crippen LogP contribution in [0, 0.1) is 18.6 Å². The van der Waals surface area contributed by atoms with Crippen LogP contribution in [0.4, 0.5) is 24.2 Å². The number of methoxy groups -OCH3 is 1. The number of benzene rings is 2. The Morgan fingerprint density at radius 1 is 1.06 bits per heavy atom. The van der Waals surface area contributed by atoms with Crippen LogP contribution in [0.1, 0.15) is 50.8 Å². The molecule has 0 spiro atoms. The molecule has 12 nitrogen and oxygen atoms in total. The highest BCUT2D eigenvalue weighted by atomic mass is 19.2. The Hall–Kier alpha value is -4.27. The second kappa shape index (κ2) is 14.7. The Morgan fingerprint density at radius 3 is 2.45 bits per heavy atom. The third-order valence-corrected chi connectivity index (χ3v) is 7.85. The van der Waals surface area contributed by atoms with Crippen molar-refractivity contribution in [2.24, 2.45) is 0 Å². The van der Waals surface area contributed by atoms with Crippen molar-refractivity contribution in [3.63, 3.8) is 0 Å². The molecule has 2 aliphatic rings. The molecule has 2 fully saturated rings. The largest absolute Gasteiger partial charge is 0.473 e. The maximum atomic E-state index is 14.1. The first-order valence-electron chi connectivity index (χ1n) is 15.6. The second-order valence-electron chi connectivity index (χ2n) is 12.6. The highest BCUT2D eigenvalue weighted by Crippen LogP contribution is 2.32. The molecule has 1 aromatic heterocycles. The van der Waals surface area contributed by atoms with Crippen LogP contribution in [0.25, 0.3) is 5.69 Å². The van der Waals surface area contributed by atoms with Crippen LogP contribution in [-0.2, 0) is 14.3 Å². The zero-order valence-corrected chi connectivity index (χ0v) is 27.3. The molecule has 2 saturated heterocycles. The predicted octanol–water partition coefficient (Wildman–Crippen LogP) is 5.36. The number of anilines is 1. The van der Waals surface area contributed by atoms with Gasteiger partial charge in [-0.1, -0.05) is 24.3 Å². The number of aromatic nitrogens is 2. The number of piperidine rings is 1. The van der Waals surface area contributed by atoms with Gasteiger partial charge in [0.05, 0.1) is 23.9 Å². The van der Waals surface area contributed by atoms with E-state index in [0.29, 0.717) is 67.6 Å².